The number of hydrogen-bond acceptors (Lipinski definition) is 7. The van der Waals surface area contributed by atoms with E-state index in [-0.39, 0.29) is 21.2 Å². The first-order chi connectivity index (χ1) is 15.4. The SMILES string of the molecule is Cc1cc(NS(=O)(=O)CC(=O)O)cc(C)c1Oc1ccc(O)c(S(=O)(=O)c2ccccc2)c1. The molecule has 0 bridgehead atoms. The Labute approximate surface area is 191 Å². The number of phenolic OH excluding ortho intramolecular Hbond substituents is 1. The number of carbonyl (C=O) groups is 1. The Bertz CT molecular complexity index is 1390. The van der Waals surface area contributed by atoms with Gasteiger partial charge in [0.05, 0.1) is 4.90 Å². The van der Waals surface area contributed by atoms with Gasteiger partial charge in [0.2, 0.25) is 19.9 Å². The fourth-order valence-electron chi connectivity index (χ4n) is 3.17. The monoisotopic (exact) mass is 491 g/mol. The lowest BCUT2D eigenvalue weighted by Gasteiger charge is -2.16. The van der Waals surface area contributed by atoms with E-state index >= 15 is 0 Å². The van der Waals surface area contributed by atoms with Gasteiger partial charge in [-0.05, 0) is 61.4 Å². The minimum atomic E-state index is -4.08. The Hall–Kier alpha value is -3.57. The molecule has 9 nitrogen and oxygen atoms in total. The van der Waals surface area contributed by atoms with Gasteiger partial charge < -0.3 is 14.9 Å². The summed E-state index contributed by atoms with van der Waals surface area (Å²) in [6.07, 6.45) is 0. The Balaban J connectivity index is 1.93. The number of aryl methyl sites for hydroxylation is 2. The van der Waals surface area contributed by atoms with Gasteiger partial charge in [-0.1, -0.05) is 18.2 Å². The number of aromatic hydroxyl groups is 1. The van der Waals surface area contributed by atoms with Gasteiger partial charge in [-0.3, -0.25) is 9.52 Å². The maximum atomic E-state index is 12.9. The molecule has 0 aliphatic carbocycles. The number of benzene rings is 3. The van der Waals surface area contributed by atoms with E-state index in [1.165, 1.54) is 42.5 Å². The molecule has 3 rings (SSSR count). The molecule has 0 spiro atoms. The minimum Gasteiger partial charge on any atom is -0.507 e. The fraction of sp³-hybridized carbons (Fsp3) is 0.136. The number of aliphatic carboxylic acids is 1. The summed E-state index contributed by atoms with van der Waals surface area (Å²) in [4.78, 5) is 10.4. The molecule has 0 atom stereocenters. The zero-order valence-corrected chi connectivity index (χ0v) is 19.3. The first-order valence-corrected chi connectivity index (χ1v) is 12.7. The number of sulfone groups is 1. The van der Waals surface area contributed by atoms with Crippen LogP contribution in [0.15, 0.2) is 70.5 Å². The summed E-state index contributed by atoms with van der Waals surface area (Å²) in [5.41, 5.74) is 1.20. The highest BCUT2D eigenvalue weighted by molar-refractivity contribution is 7.93. The molecule has 33 heavy (non-hydrogen) atoms. The molecular formula is C22H21NO8S2. The summed E-state index contributed by atoms with van der Waals surface area (Å²) in [7, 11) is -8.07. The molecule has 0 saturated carbocycles. The Morgan fingerprint density at radius 1 is 0.939 bits per heavy atom. The molecule has 0 aliphatic rings. The van der Waals surface area contributed by atoms with E-state index in [0.29, 0.717) is 16.9 Å². The van der Waals surface area contributed by atoms with Crippen LogP contribution in [0.3, 0.4) is 0 Å². The topological polar surface area (TPSA) is 147 Å². The van der Waals surface area contributed by atoms with Crippen LogP contribution in [0.4, 0.5) is 5.69 Å². The molecule has 0 fully saturated rings. The lowest BCUT2D eigenvalue weighted by molar-refractivity contribution is -0.134. The molecule has 0 amide bonds. The summed E-state index contributed by atoms with van der Waals surface area (Å²) < 4.78 is 57.7. The van der Waals surface area contributed by atoms with Crippen LogP contribution in [0.5, 0.6) is 17.2 Å². The van der Waals surface area contributed by atoms with Crippen LogP contribution in [0.2, 0.25) is 0 Å². The second kappa shape index (κ2) is 9.12. The third-order valence-electron chi connectivity index (χ3n) is 4.54. The van der Waals surface area contributed by atoms with Crippen molar-refractivity contribution in [2.24, 2.45) is 0 Å². The molecule has 174 valence electrons. The first-order valence-electron chi connectivity index (χ1n) is 9.53. The molecular weight excluding hydrogens is 470 g/mol. The molecule has 0 saturated heterocycles. The van der Waals surface area contributed by atoms with Crippen LogP contribution in [0.1, 0.15) is 11.1 Å². The van der Waals surface area contributed by atoms with Crippen LogP contribution in [-0.4, -0.2) is 38.8 Å². The van der Waals surface area contributed by atoms with E-state index in [0.717, 1.165) is 0 Å². The standard InChI is InChI=1S/C22H21NO8S2/c1-14-10-16(23-32(27,28)13-21(25)26)11-15(2)22(14)31-17-8-9-19(24)20(12-17)33(29,30)18-6-4-3-5-7-18/h3-12,23-24H,13H2,1-2H3,(H,25,26). The zero-order valence-electron chi connectivity index (χ0n) is 17.6. The summed E-state index contributed by atoms with van der Waals surface area (Å²) >= 11 is 0. The number of rotatable bonds is 8. The average Bonchev–Trinajstić information content (AvgIpc) is 2.71. The second-order valence-corrected chi connectivity index (χ2v) is 10.9. The lowest BCUT2D eigenvalue weighted by atomic mass is 10.1. The van der Waals surface area contributed by atoms with Gasteiger partial charge >= 0.3 is 5.97 Å². The fourth-order valence-corrected chi connectivity index (χ4v) is 5.42. The molecule has 0 heterocycles. The van der Waals surface area contributed by atoms with Gasteiger partial charge in [-0.25, -0.2) is 16.8 Å². The van der Waals surface area contributed by atoms with Crippen LogP contribution in [-0.2, 0) is 24.7 Å². The quantitative estimate of drug-likeness (QED) is 0.434. The van der Waals surface area contributed by atoms with Crippen LogP contribution < -0.4 is 9.46 Å². The molecule has 0 aliphatic heterocycles. The smallest absolute Gasteiger partial charge is 0.320 e. The van der Waals surface area contributed by atoms with Crippen LogP contribution in [0, 0.1) is 13.8 Å². The third-order valence-corrected chi connectivity index (χ3v) is 7.51. The maximum Gasteiger partial charge on any atom is 0.320 e. The van der Waals surface area contributed by atoms with E-state index in [2.05, 4.69) is 4.72 Å². The molecule has 3 N–H and O–H groups in total. The highest BCUT2D eigenvalue weighted by Gasteiger charge is 2.23. The van der Waals surface area contributed by atoms with E-state index in [1.54, 1.807) is 32.0 Å². The highest BCUT2D eigenvalue weighted by Crippen LogP contribution is 2.36. The van der Waals surface area contributed by atoms with Gasteiger partial charge in [-0.2, -0.15) is 0 Å². The van der Waals surface area contributed by atoms with Gasteiger partial charge in [0, 0.05) is 11.8 Å². The van der Waals surface area contributed by atoms with Crippen LogP contribution >= 0.6 is 0 Å². The van der Waals surface area contributed by atoms with Crippen molar-refractivity contribution in [1.29, 1.82) is 0 Å². The minimum absolute atomic E-state index is 0.0165. The van der Waals surface area contributed by atoms with Gasteiger partial charge in [0.1, 0.15) is 22.1 Å². The number of anilines is 1. The van der Waals surface area contributed by atoms with Gasteiger partial charge in [-0.15, -0.1) is 0 Å². The van der Waals surface area contributed by atoms with Crippen molar-refractivity contribution in [2.45, 2.75) is 23.6 Å². The van der Waals surface area contributed by atoms with Crippen LogP contribution in [0.25, 0.3) is 0 Å². The Morgan fingerprint density at radius 2 is 1.55 bits per heavy atom. The summed E-state index contributed by atoms with van der Waals surface area (Å²) in [6, 6.07) is 14.4. The van der Waals surface area contributed by atoms with Crippen molar-refractivity contribution in [1.82, 2.24) is 0 Å². The predicted molar refractivity (Wildman–Crippen MR) is 121 cm³/mol. The number of carboxylic acid groups (broad SMARTS) is 1. The molecule has 0 aromatic heterocycles. The van der Waals surface area contributed by atoms with Gasteiger partial charge in [0.25, 0.3) is 0 Å². The molecule has 0 radical (unpaired) electrons. The van der Waals surface area contributed by atoms with Crippen molar-refractivity contribution in [3.05, 3.63) is 71.8 Å². The maximum absolute atomic E-state index is 12.9. The van der Waals surface area contributed by atoms with Crippen molar-refractivity contribution in [2.75, 3.05) is 10.5 Å². The number of nitrogens with one attached hydrogen (secondary N) is 1. The highest BCUT2D eigenvalue weighted by atomic mass is 32.2. The van der Waals surface area contributed by atoms with Crippen molar-refractivity contribution in [3.63, 3.8) is 0 Å². The summed E-state index contributed by atoms with van der Waals surface area (Å²) in [6.45, 7) is 3.30. The van der Waals surface area contributed by atoms with Gasteiger partial charge in [0.15, 0.2) is 5.75 Å². The number of carboxylic acids is 1. The predicted octanol–water partition coefficient (Wildman–Crippen LogP) is 3.46. The summed E-state index contributed by atoms with van der Waals surface area (Å²) in [5.74, 6) is -2.49. The Morgan fingerprint density at radius 3 is 2.12 bits per heavy atom. The zero-order chi connectivity index (χ0) is 24.4. The molecule has 0 unspecified atom stereocenters. The van der Waals surface area contributed by atoms with E-state index < -0.39 is 37.3 Å². The van der Waals surface area contributed by atoms with E-state index in [9.17, 15) is 26.7 Å². The normalized spacial score (nSPS) is 11.7. The van der Waals surface area contributed by atoms with Crippen molar-refractivity contribution < 1.29 is 36.6 Å². The first kappa shape index (κ1) is 24.1. The molecule has 3 aromatic rings. The largest absolute Gasteiger partial charge is 0.507 e. The lowest BCUT2D eigenvalue weighted by Crippen LogP contribution is -2.22. The third kappa shape index (κ3) is 5.62. The number of sulfonamides is 1. The molecule has 3 aromatic carbocycles. The number of hydrogen-bond donors (Lipinski definition) is 3. The van der Waals surface area contributed by atoms with Crippen molar-refractivity contribution >= 4 is 31.5 Å². The molecule has 11 heteroatoms. The number of phenols is 1. The Kier molecular flexibility index (Phi) is 6.65. The average molecular weight is 492 g/mol. The van der Waals surface area contributed by atoms with E-state index in [1.807, 2.05) is 0 Å². The summed E-state index contributed by atoms with van der Waals surface area (Å²) in [5, 5.41) is 18.9. The number of ether oxygens (including phenoxy) is 1. The second-order valence-electron chi connectivity index (χ2n) is 7.24. The van der Waals surface area contributed by atoms with E-state index in [4.69, 9.17) is 9.84 Å². The van der Waals surface area contributed by atoms with Crippen molar-refractivity contribution in [3.8, 4) is 17.2 Å².